The van der Waals surface area contributed by atoms with E-state index in [0.717, 1.165) is 17.7 Å². The Balaban J connectivity index is 1.50. The quantitative estimate of drug-likeness (QED) is 0.538. The largest absolute Gasteiger partial charge is 0.454 e. The molecule has 0 bridgehead atoms. The summed E-state index contributed by atoms with van der Waals surface area (Å²) in [7, 11) is 0. The average Bonchev–Trinajstić information content (AvgIpc) is 3.42. The van der Waals surface area contributed by atoms with Crippen LogP contribution < -0.4 is 10.6 Å². The van der Waals surface area contributed by atoms with Crippen LogP contribution >= 0.6 is 23.2 Å². The summed E-state index contributed by atoms with van der Waals surface area (Å²) < 4.78 is 4.82. The molecule has 0 spiro atoms. The highest BCUT2D eigenvalue weighted by Crippen LogP contribution is 2.42. The fraction of sp³-hybridized carbons (Fsp3) is 0.438. The number of carbonyl (C=O) groups excluding carboxylic acids is 4. The molecule has 9 nitrogen and oxygen atoms in total. The van der Waals surface area contributed by atoms with Crippen LogP contribution in [0.25, 0.3) is 0 Å². The number of rotatable bonds is 6. The number of aromatic nitrogens is 1. The third-order valence-electron chi connectivity index (χ3n) is 4.41. The Morgan fingerprint density at radius 2 is 2.11 bits per heavy atom. The van der Waals surface area contributed by atoms with Crippen molar-refractivity contribution < 1.29 is 23.9 Å². The lowest BCUT2D eigenvalue weighted by Crippen LogP contribution is -2.46. The first-order valence-electron chi connectivity index (χ1n) is 8.11. The number of hydrogen-bond donors (Lipinski definition) is 2. The number of esters is 1. The molecule has 0 unspecified atom stereocenters. The molecule has 27 heavy (non-hydrogen) atoms. The van der Waals surface area contributed by atoms with Crippen molar-refractivity contribution in [2.75, 3.05) is 18.5 Å². The van der Waals surface area contributed by atoms with Gasteiger partial charge in [0.1, 0.15) is 12.1 Å². The number of halogens is 2. The van der Waals surface area contributed by atoms with Crippen LogP contribution in [0.1, 0.15) is 19.8 Å². The fourth-order valence-corrected chi connectivity index (χ4v) is 3.22. The molecule has 2 heterocycles. The minimum absolute atomic E-state index is 0.0661. The highest BCUT2D eigenvalue weighted by atomic mass is 35.5. The average molecular weight is 415 g/mol. The van der Waals surface area contributed by atoms with Gasteiger partial charge < -0.3 is 15.4 Å². The lowest BCUT2D eigenvalue weighted by Gasteiger charge is -2.20. The number of imide groups is 1. The van der Waals surface area contributed by atoms with Crippen molar-refractivity contribution in [3.8, 4) is 0 Å². The number of hydrogen-bond acceptors (Lipinski definition) is 6. The van der Waals surface area contributed by atoms with Crippen LogP contribution in [0, 0.1) is 5.92 Å². The summed E-state index contributed by atoms with van der Waals surface area (Å²) >= 11 is 11.6. The monoisotopic (exact) mass is 414 g/mol. The second-order valence-corrected chi connectivity index (χ2v) is 7.33. The van der Waals surface area contributed by atoms with E-state index >= 15 is 0 Å². The van der Waals surface area contributed by atoms with Gasteiger partial charge in [0, 0.05) is 6.20 Å². The smallest absolute Gasteiger partial charge is 0.326 e. The number of ether oxygens (including phenoxy) is 1. The van der Waals surface area contributed by atoms with Crippen LogP contribution in [0.15, 0.2) is 12.3 Å². The third-order valence-corrected chi connectivity index (χ3v) is 4.91. The van der Waals surface area contributed by atoms with Crippen LogP contribution in [0.4, 0.5) is 10.6 Å². The van der Waals surface area contributed by atoms with Gasteiger partial charge in [-0.25, -0.2) is 9.78 Å². The topological polar surface area (TPSA) is 118 Å². The molecule has 144 valence electrons. The van der Waals surface area contributed by atoms with Gasteiger partial charge >= 0.3 is 12.0 Å². The summed E-state index contributed by atoms with van der Waals surface area (Å²) in [5.41, 5.74) is -0.980. The van der Waals surface area contributed by atoms with Crippen LogP contribution in [0.5, 0.6) is 0 Å². The highest BCUT2D eigenvalue weighted by Gasteiger charge is 2.56. The Bertz CT molecular complexity index is 829. The first-order valence-corrected chi connectivity index (χ1v) is 8.87. The fourth-order valence-electron chi connectivity index (χ4n) is 2.79. The summed E-state index contributed by atoms with van der Waals surface area (Å²) in [6.07, 6.45) is 2.99. The molecule has 2 fully saturated rings. The number of carbonyl (C=O) groups is 4. The molecule has 1 aliphatic carbocycles. The molecular weight excluding hydrogens is 399 g/mol. The van der Waals surface area contributed by atoms with E-state index in [1.807, 2.05) is 0 Å². The van der Waals surface area contributed by atoms with Gasteiger partial charge in [0.25, 0.3) is 11.8 Å². The molecule has 4 amide bonds. The maximum atomic E-state index is 12.4. The first-order chi connectivity index (χ1) is 12.7. The number of anilines is 1. The van der Waals surface area contributed by atoms with Gasteiger partial charge in [-0.05, 0) is 31.7 Å². The summed E-state index contributed by atoms with van der Waals surface area (Å²) in [6, 6.07) is 0.750. The predicted octanol–water partition coefficient (Wildman–Crippen LogP) is 1.59. The van der Waals surface area contributed by atoms with Crippen LogP contribution in [-0.2, 0) is 19.1 Å². The molecule has 1 aromatic heterocycles. The van der Waals surface area contributed by atoms with Crippen molar-refractivity contribution >= 4 is 52.8 Å². The zero-order valence-corrected chi connectivity index (χ0v) is 15.8. The van der Waals surface area contributed by atoms with E-state index in [1.165, 1.54) is 12.3 Å². The molecule has 1 aromatic rings. The first kappa shape index (κ1) is 19.4. The van der Waals surface area contributed by atoms with Crippen molar-refractivity contribution in [1.82, 2.24) is 15.2 Å². The van der Waals surface area contributed by atoms with Gasteiger partial charge in [-0.15, -0.1) is 0 Å². The number of urea groups is 1. The van der Waals surface area contributed by atoms with Crippen molar-refractivity contribution in [1.29, 1.82) is 0 Å². The van der Waals surface area contributed by atoms with Gasteiger partial charge in [-0.1, -0.05) is 23.2 Å². The molecule has 2 aliphatic rings. The molecule has 2 N–H and O–H groups in total. The number of pyridine rings is 1. The summed E-state index contributed by atoms with van der Waals surface area (Å²) in [4.78, 5) is 52.8. The van der Waals surface area contributed by atoms with E-state index in [9.17, 15) is 19.2 Å². The highest BCUT2D eigenvalue weighted by molar-refractivity contribution is 6.36. The standard InChI is InChI=1S/C16H16Cl2N4O5/c1-16(8-2-3-8)14(25)22(15(26)21-16)6-12(24)27-7-11(23)20-13-10(18)4-9(17)5-19-13/h4-5,8H,2-3,6-7H2,1H3,(H,21,26)(H,19,20,23)/t16-/m0/s1. The Morgan fingerprint density at radius 1 is 1.41 bits per heavy atom. The van der Waals surface area contributed by atoms with E-state index in [0.29, 0.717) is 5.02 Å². The number of nitrogens with one attached hydrogen (secondary N) is 2. The molecule has 1 atom stereocenters. The Labute approximate surface area is 164 Å². The SMILES string of the molecule is C[C@@]1(C2CC2)NC(=O)N(CC(=O)OCC(=O)Nc2ncc(Cl)cc2Cl)C1=O. The second kappa shape index (κ2) is 7.32. The van der Waals surface area contributed by atoms with Crippen molar-refractivity contribution in [3.63, 3.8) is 0 Å². The van der Waals surface area contributed by atoms with Crippen molar-refractivity contribution in [3.05, 3.63) is 22.3 Å². The summed E-state index contributed by atoms with van der Waals surface area (Å²) in [5.74, 6) is -1.88. The zero-order valence-electron chi connectivity index (χ0n) is 14.3. The summed E-state index contributed by atoms with van der Waals surface area (Å²) in [6.45, 7) is 0.454. The number of amides is 4. The molecule has 0 radical (unpaired) electrons. The lowest BCUT2D eigenvalue weighted by molar-refractivity contribution is -0.150. The molecule has 3 rings (SSSR count). The molecule has 11 heteroatoms. The van der Waals surface area contributed by atoms with Gasteiger partial charge in [0.15, 0.2) is 12.4 Å². The van der Waals surface area contributed by atoms with E-state index < -0.39 is 42.5 Å². The van der Waals surface area contributed by atoms with Gasteiger partial charge in [0.2, 0.25) is 0 Å². The minimum Gasteiger partial charge on any atom is -0.454 e. The molecule has 0 aromatic carbocycles. The molecular formula is C16H16Cl2N4O5. The van der Waals surface area contributed by atoms with Crippen LogP contribution in [0.2, 0.25) is 10.0 Å². The normalized spacial score (nSPS) is 21.8. The zero-order chi connectivity index (χ0) is 19.8. The Morgan fingerprint density at radius 3 is 2.74 bits per heavy atom. The molecule has 1 aliphatic heterocycles. The van der Waals surface area contributed by atoms with Gasteiger partial charge in [0.05, 0.1) is 10.0 Å². The lowest BCUT2D eigenvalue weighted by atomic mass is 9.96. The predicted molar refractivity (Wildman–Crippen MR) is 95.2 cm³/mol. The van der Waals surface area contributed by atoms with Crippen molar-refractivity contribution in [2.45, 2.75) is 25.3 Å². The second-order valence-electron chi connectivity index (χ2n) is 6.49. The van der Waals surface area contributed by atoms with Gasteiger partial charge in [-0.2, -0.15) is 0 Å². The Hall–Kier alpha value is -2.39. The third kappa shape index (κ3) is 4.14. The maximum absolute atomic E-state index is 12.4. The molecule has 1 saturated heterocycles. The van der Waals surface area contributed by atoms with E-state index in [4.69, 9.17) is 27.9 Å². The van der Waals surface area contributed by atoms with Crippen LogP contribution in [-0.4, -0.2) is 52.4 Å². The summed E-state index contributed by atoms with van der Waals surface area (Å²) in [5, 5.41) is 5.41. The van der Waals surface area contributed by atoms with Crippen molar-refractivity contribution in [2.24, 2.45) is 5.92 Å². The molecule has 1 saturated carbocycles. The maximum Gasteiger partial charge on any atom is 0.326 e. The van der Waals surface area contributed by atoms with E-state index in [-0.39, 0.29) is 16.8 Å². The minimum atomic E-state index is -0.980. The van der Waals surface area contributed by atoms with E-state index in [2.05, 4.69) is 15.6 Å². The number of nitrogens with zero attached hydrogens (tertiary/aromatic N) is 2. The van der Waals surface area contributed by atoms with Gasteiger partial charge in [-0.3, -0.25) is 19.3 Å². The Kier molecular flexibility index (Phi) is 5.25. The van der Waals surface area contributed by atoms with E-state index in [1.54, 1.807) is 6.92 Å². The van der Waals surface area contributed by atoms with Crippen LogP contribution in [0.3, 0.4) is 0 Å².